The van der Waals surface area contributed by atoms with Crippen LogP contribution < -0.4 is 5.32 Å². The van der Waals surface area contributed by atoms with Crippen molar-refractivity contribution in [2.24, 2.45) is 5.92 Å². The molecule has 0 aromatic heterocycles. The molecule has 0 radical (unpaired) electrons. The molecule has 2 N–H and O–H groups in total. The summed E-state index contributed by atoms with van der Waals surface area (Å²) in [4.78, 5) is 13.9. The standard InChI is InChI=1S/C15H20N2O2/c18-10-11-6-7-17(9-11)15(19)16-14-5-4-12-2-1-3-13(12)8-14/h4-5,8,11,18H,1-3,6-7,9-10H2,(H,16,19). The van der Waals surface area contributed by atoms with Crippen LogP contribution in [0.25, 0.3) is 0 Å². The van der Waals surface area contributed by atoms with Gasteiger partial charge in [0.25, 0.3) is 0 Å². The molecule has 0 spiro atoms. The van der Waals surface area contributed by atoms with Gasteiger partial charge in [-0.15, -0.1) is 0 Å². The molecule has 1 saturated heterocycles. The Bertz CT molecular complexity index is 487. The van der Waals surface area contributed by atoms with Crippen molar-refractivity contribution < 1.29 is 9.90 Å². The number of fused-ring (bicyclic) bond motifs is 1. The van der Waals surface area contributed by atoms with E-state index in [1.165, 1.54) is 17.5 Å². The Kier molecular flexibility index (Phi) is 3.42. The first kappa shape index (κ1) is 12.5. The van der Waals surface area contributed by atoms with Gasteiger partial charge in [-0.25, -0.2) is 4.79 Å². The van der Waals surface area contributed by atoms with E-state index in [9.17, 15) is 4.79 Å². The number of nitrogens with one attached hydrogen (secondary N) is 1. The van der Waals surface area contributed by atoms with Crippen molar-refractivity contribution in [3.05, 3.63) is 29.3 Å². The highest BCUT2D eigenvalue weighted by molar-refractivity contribution is 5.89. The summed E-state index contributed by atoms with van der Waals surface area (Å²) in [6.07, 6.45) is 4.40. The number of rotatable bonds is 2. The van der Waals surface area contributed by atoms with Crippen molar-refractivity contribution in [1.82, 2.24) is 4.90 Å². The summed E-state index contributed by atoms with van der Waals surface area (Å²) in [6.45, 7) is 1.57. The maximum atomic E-state index is 12.1. The van der Waals surface area contributed by atoms with Crippen LogP contribution in [-0.2, 0) is 12.8 Å². The molecule has 2 amide bonds. The Labute approximate surface area is 113 Å². The predicted molar refractivity (Wildman–Crippen MR) is 74.3 cm³/mol. The van der Waals surface area contributed by atoms with Crippen molar-refractivity contribution >= 4 is 11.7 Å². The van der Waals surface area contributed by atoms with Gasteiger partial charge in [-0.05, 0) is 48.9 Å². The Morgan fingerprint density at radius 1 is 1.37 bits per heavy atom. The Morgan fingerprint density at radius 3 is 3.00 bits per heavy atom. The van der Waals surface area contributed by atoms with E-state index in [0.29, 0.717) is 6.54 Å². The van der Waals surface area contributed by atoms with Gasteiger partial charge in [-0.3, -0.25) is 0 Å². The van der Waals surface area contributed by atoms with E-state index in [1.807, 2.05) is 6.07 Å². The summed E-state index contributed by atoms with van der Waals surface area (Å²) >= 11 is 0. The van der Waals surface area contributed by atoms with E-state index in [2.05, 4.69) is 17.4 Å². The number of likely N-dealkylation sites (tertiary alicyclic amines) is 1. The minimum absolute atomic E-state index is 0.0473. The molecular weight excluding hydrogens is 240 g/mol. The normalized spacial score (nSPS) is 21.5. The highest BCUT2D eigenvalue weighted by atomic mass is 16.3. The predicted octanol–water partition coefficient (Wildman–Crippen LogP) is 2.02. The van der Waals surface area contributed by atoms with Gasteiger partial charge in [0, 0.05) is 31.3 Å². The summed E-state index contributed by atoms with van der Waals surface area (Å²) in [7, 11) is 0. The van der Waals surface area contributed by atoms with E-state index in [1.54, 1.807) is 4.90 Å². The number of urea groups is 1. The van der Waals surface area contributed by atoms with Gasteiger partial charge in [0.2, 0.25) is 0 Å². The van der Waals surface area contributed by atoms with Crippen molar-refractivity contribution in [1.29, 1.82) is 0 Å². The molecular formula is C15H20N2O2. The third kappa shape index (κ3) is 2.59. The van der Waals surface area contributed by atoms with Crippen LogP contribution in [0.2, 0.25) is 0 Å². The van der Waals surface area contributed by atoms with Gasteiger partial charge >= 0.3 is 6.03 Å². The maximum absolute atomic E-state index is 12.1. The van der Waals surface area contributed by atoms with Gasteiger partial charge in [-0.2, -0.15) is 0 Å². The van der Waals surface area contributed by atoms with Crippen LogP contribution in [0.3, 0.4) is 0 Å². The fraction of sp³-hybridized carbons (Fsp3) is 0.533. The van der Waals surface area contributed by atoms with Crippen LogP contribution in [0.4, 0.5) is 10.5 Å². The van der Waals surface area contributed by atoms with Crippen molar-refractivity contribution in [2.45, 2.75) is 25.7 Å². The number of aliphatic hydroxyl groups is 1. The SMILES string of the molecule is O=C(Nc1ccc2c(c1)CCC2)N1CCC(CO)C1. The van der Waals surface area contributed by atoms with Crippen LogP contribution >= 0.6 is 0 Å². The van der Waals surface area contributed by atoms with Crippen molar-refractivity contribution in [3.8, 4) is 0 Å². The van der Waals surface area contributed by atoms with Crippen LogP contribution in [0.15, 0.2) is 18.2 Å². The average molecular weight is 260 g/mol. The smallest absolute Gasteiger partial charge is 0.321 e. The second-order valence-electron chi connectivity index (χ2n) is 5.55. The largest absolute Gasteiger partial charge is 0.396 e. The number of benzene rings is 1. The molecule has 1 aliphatic carbocycles. The molecule has 1 unspecified atom stereocenters. The minimum Gasteiger partial charge on any atom is -0.396 e. The van der Waals surface area contributed by atoms with E-state index in [-0.39, 0.29) is 18.6 Å². The molecule has 1 fully saturated rings. The highest BCUT2D eigenvalue weighted by Crippen LogP contribution is 2.25. The van der Waals surface area contributed by atoms with Gasteiger partial charge in [0.1, 0.15) is 0 Å². The zero-order valence-electron chi connectivity index (χ0n) is 11.1. The topological polar surface area (TPSA) is 52.6 Å². The third-order valence-corrected chi connectivity index (χ3v) is 4.18. The first-order valence-corrected chi connectivity index (χ1v) is 7.05. The number of hydrogen-bond acceptors (Lipinski definition) is 2. The summed E-state index contributed by atoms with van der Waals surface area (Å²) in [5, 5.41) is 12.1. The first-order valence-electron chi connectivity index (χ1n) is 7.05. The summed E-state index contributed by atoms with van der Waals surface area (Å²) in [5.41, 5.74) is 3.67. The highest BCUT2D eigenvalue weighted by Gasteiger charge is 2.25. The minimum atomic E-state index is -0.0473. The Balaban J connectivity index is 1.63. The molecule has 1 aromatic carbocycles. The van der Waals surface area contributed by atoms with Gasteiger partial charge in [0.15, 0.2) is 0 Å². The molecule has 2 aliphatic rings. The van der Waals surface area contributed by atoms with Gasteiger partial charge < -0.3 is 15.3 Å². The molecule has 4 nitrogen and oxygen atoms in total. The zero-order valence-corrected chi connectivity index (χ0v) is 11.1. The monoisotopic (exact) mass is 260 g/mol. The number of hydrogen-bond donors (Lipinski definition) is 2. The molecule has 1 aromatic rings. The lowest BCUT2D eigenvalue weighted by molar-refractivity contribution is 0.209. The van der Waals surface area contributed by atoms with Crippen molar-refractivity contribution in [2.75, 3.05) is 25.0 Å². The molecule has 1 heterocycles. The molecule has 3 rings (SSSR count). The Morgan fingerprint density at radius 2 is 2.21 bits per heavy atom. The molecule has 0 saturated carbocycles. The summed E-state index contributed by atoms with van der Waals surface area (Å²) in [6, 6.07) is 6.16. The summed E-state index contributed by atoms with van der Waals surface area (Å²) in [5.74, 6) is 0.241. The molecule has 19 heavy (non-hydrogen) atoms. The molecule has 102 valence electrons. The number of carbonyl (C=O) groups is 1. The van der Waals surface area contributed by atoms with Crippen molar-refractivity contribution in [3.63, 3.8) is 0 Å². The average Bonchev–Trinajstić information content (AvgIpc) is 3.06. The molecule has 1 aliphatic heterocycles. The molecule has 0 bridgehead atoms. The number of carbonyl (C=O) groups excluding carboxylic acids is 1. The number of amides is 2. The third-order valence-electron chi connectivity index (χ3n) is 4.18. The van der Waals surface area contributed by atoms with Gasteiger partial charge in [-0.1, -0.05) is 6.07 Å². The van der Waals surface area contributed by atoms with E-state index >= 15 is 0 Å². The number of anilines is 1. The second-order valence-corrected chi connectivity index (χ2v) is 5.55. The molecule has 4 heteroatoms. The van der Waals surface area contributed by atoms with E-state index in [4.69, 9.17) is 5.11 Å². The van der Waals surface area contributed by atoms with E-state index in [0.717, 1.165) is 31.5 Å². The fourth-order valence-electron chi connectivity index (χ4n) is 3.02. The summed E-state index contributed by atoms with van der Waals surface area (Å²) < 4.78 is 0. The van der Waals surface area contributed by atoms with E-state index < -0.39 is 0 Å². The van der Waals surface area contributed by atoms with Crippen LogP contribution in [0.5, 0.6) is 0 Å². The zero-order chi connectivity index (χ0) is 13.2. The second kappa shape index (κ2) is 5.21. The lowest BCUT2D eigenvalue weighted by Gasteiger charge is -2.17. The number of nitrogens with zero attached hydrogens (tertiary/aromatic N) is 1. The number of aliphatic hydroxyl groups excluding tert-OH is 1. The van der Waals surface area contributed by atoms with Crippen LogP contribution in [0, 0.1) is 5.92 Å². The molecule has 1 atom stereocenters. The number of aryl methyl sites for hydroxylation is 2. The Hall–Kier alpha value is -1.55. The lowest BCUT2D eigenvalue weighted by atomic mass is 10.1. The fourth-order valence-corrected chi connectivity index (χ4v) is 3.02. The van der Waals surface area contributed by atoms with Crippen LogP contribution in [-0.4, -0.2) is 35.7 Å². The maximum Gasteiger partial charge on any atom is 0.321 e. The first-order chi connectivity index (χ1) is 9.26. The quantitative estimate of drug-likeness (QED) is 0.854. The lowest BCUT2D eigenvalue weighted by Crippen LogP contribution is -2.33. The van der Waals surface area contributed by atoms with Crippen LogP contribution in [0.1, 0.15) is 24.0 Å². The van der Waals surface area contributed by atoms with Gasteiger partial charge in [0.05, 0.1) is 0 Å².